The molecule has 0 aliphatic rings. The average molecular weight is 479 g/mol. The molecule has 0 unspecified atom stereocenters. The number of thiazole rings is 1. The second kappa shape index (κ2) is 7.86. The van der Waals surface area contributed by atoms with E-state index in [1.807, 2.05) is 23.6 Å². The highest BCUT2D eigenvalue weighted by molar-refractivity contribution is 9.10. The van der Waals surface area contributed by atoms with Gasteiger partial charge in [-0.25, -0.2) is 9.78 Å². The van der Waals surface area contributed by atoms with Crippen molar-refractivity contribution in [3.05, 3.63) is 73.5 Å². The van der Waals surface area contributed by atoms with Crippen LogP contribution in [0.15, 0.2) is 57.1 Å². The average Bonchev–Trinajstić information content (AvgIpc) is 3.30. The third kappa shape index (κ3) is 3.60. The lowest BCUT2D eigenvalue weighted by Crippen LogP contribution is -2.25. The van der Waals surface area contributed by atoms with E-state index in [1.54, 1.807) is 31.4 Å². The Morgan fingerprint density at radius 3 is 2.82 bits per heavy atom. The van der Waals surface area contributed by atoms with Crippen molar-refractivity contribution in [1.29, 1.82) is 0 Å². The molecular formula is C18H13BrClN5O2S. The smallest absolute Gasteiger partial charge is 0.368 e. The van der Waals surface area contributed by atoms with Crippen LogP contribution in [0, 0.1) is 0 Å². The summed E-state index contributed by atoms with van der Waals surface area (Å²) >= 11 is 11.1. The maximum Gasteiger partial charge on any atom is 0.368 e. The molecule has 0 fully saturated rings. The van der Waals surface area contributed by atoms with Gasteiger partial charge in [0.1, 0.15) is 10.8 Å². The Kier molecular flexibility index (Phi) is 5.29. The maximum absolute atomic E-state index is 12.6. The Bertz CT molecular complexity index is 1200. The molecule has 10 heteroatoms. The molecule has 0 radical (unpaired) electrons. The number of ether oxygens (including phenoxy) is 1. The van der Waals surface area contributed by atoms with Crippen LogP contribution in [0.25, 0.3) is 16.3 Å². The van der Waals surface area contributed by atoms with E-state index in [0.717, 1.165) is 20.8 Å². The SMILES string of the molecule is COc1ccc(Br)cc1-c1nc(Cn2nnn(-c3ccccc3Cl)c2=O)cs1. The third-order valence-electron chi connectivity index (χ3n) is 3.98. The molecule has 7 nitrogen and oxygen atoms in total. The first-order chi connectivity index (χ1) is 13.6. The molecule has 4 aromatic rings. The van der Waals surface area contributed by atoms with E-state index < -0.39 is 0 Å². The van der Waals surface area contributed by atoms with Crippen molar-refractivity contribution < 1.29 is 4.74 Å². The number of hydrogen-bond acceptors (Lipinski definition) is 6. The standard InChI is InChI=1S/C18H13BrClN5O2S/c1-27-16-7-6-11(19)8-13(16)17-21-12(10-28-17)9-24-18(26)25(23-22-24)15-5-3-2-4-14(15)20/h2-8,10H,9H2,1H3. The molecule has 4 rings (SSSR count). The normalized spacial score (nSPS) is 11.0. The monoisotopic (exact) mass is 477 g/mol. The van der Waals surface area contributed by atoms with Crippen molar-refractivity contribution in [2.24, 2.45) is 0 Å². The predicted molar refractivity (Wildman–Crippen MR) is 112 cm³/mol. The van der Waals surface area contributed by atoms with Gasteiger partial charge in [0.25, 0.3) is 0 Å². The minimum atomic E-state index is -0.386. The highest BCUT2D eigenvalue weighted by atomic mass is 79.9. The number of aromatic nitrogens is 5. The van der Waals surface area contributed by atoms with Gasteiger partial charge in [-0.1, -0.05) is 39.7 Å². The predicted octanol–water partition coefficient (Wildman–Crippen LogP) is 4.03. The number of methoxy groups -OCH3 is 1. The van der Waals surface area contributed by atoms with Gasteiger partial charge < -0.3 is 4.74 Å². The molecule has 0 atom stereocenters. The van der Waals surface area contributed by atoms with Crippen molar-refractivity contribution in [2.45, 2.75) is 6.54 Å². The van der Waals surface area contributed by atoms with Gasteiger partial charge in [-0.3, -0.25) is 0 Å². The molecule has 0 N–H and O–H groups in total. The summed E-state index contributed by atoms with van der Waals surface area (Å²) in [5.74, 6) is 0.728. The van der Waals surface area contributed by atoms with E-state index >= 15 is 0 Å². The van der Waals surface area contributed by atoms with Crippen molar-refractivity contribution in [1.82, 2.24) is 24.8 Å². The molecule has 0 amide bonds. The quantitative estimate of drug-likeness (QED) is 0.433. The zero-order valence-electron chi connectivity index (χ0n) is 14.5. The van der Waals surface area contributed by atoms with Gasteiger partial charge >= 0.3 is 5.69 Å². The highest BCUT2D eigenvalue weighted by Crippen LogP contribution is 2.34. The topological polar surface area (TPSA) is 74.8 Å². The zero-order chi connectivity index (χ0) is 19.7. The molecule has 2 heterocycles. The first kappa shape index (κ1) is 18.9. The molecule has 0 spiro atoms. The Morgan fingerprint density at radius 2 is 2.04 bits per heavy atom. The van der Waals surface area contributed by atoms with Crippen molar-refractivity contribution in [2.75, 3.05) is 7.11 Å². The lowest BCUT2D eigenvalue weighted by Gasteiger charge is -2.06. The fourth-order valence-corrected chi connectivity index (χ4v) is 4.06. The van der Waals surface area contributed by atoms with Gasteiger partial charge in [0, 0.05) is 9.85 Å². The van der Waals surface area contributed by atoms with Crippen LogP contribution >= 0.6 is 38.9 Å². The summed E-state index contributed by atoms with van der Waals surface area (Å²) in [5, 5.41) is 11.0. The third-order valence-corrected chi connectivity index (χ3v) is 5.71. The molecule has 0 saturated carbocycles. The van der Waals surface area contributed by atoms with Crippen LogP contribution in [0.3, 0.4) is 0 Å². The Morgan fingerprint density at radius 1 is 1.21 bits per heavy atom. The van der Waals surface area contributed by atoms with Crippen molar-refractivity contribution in [3.63, 3.8) is 0 Å². The number of rotatable bonds is 5. The second-order valence-corrected chi connectivity index (χ2v) is 7.95. The minimum absolute atomic E-state index is 0.204. The molecule has 142 valence electrons. The van der Waals surface area contributed by atoms with E-state index in [2.05, 4.69) is 31.3 Å². The number of benzene rings is 2. The van der Waals surface area contributed by atoms with Crippen LogP contribution in [0.2, 0.25) is 5.02 Å². The summed E-state index contributed by atoms with van der Waals surface area (Å²) in [6, 6.07) is 12.7. The summed E-state index contributed by atoms with van der Waals surface area (Å²) in [5.41, 5.74) is 1.68. The number of para-hydroxylation sites is 1. The van der Waals surface area contributed by atoms with Crippen molar-refractivity contribution >= 4 is 38.9 Å². The lowest BCUT2D eigenvalue weighted by atomic mass is 10.2. The van der Waals surface area contributed by atoms with Crippen molar-refractivity contribution in [3.8, 4) is 22.0 Å². The summed E-state index contributed by atoms with van der Waals surface area (Å²) in [6.07, 6.45) is 0. The van der Waals surface area contributed by atoms with E-state index in [0.29, 0.717) is 16.4 Å². The second-order valence-electron chi connectivity index (χ2n) is 5.77. The molecule has 0 bridgehead atoms. The van der Waals surface area contributed by atoms with Gasteiger partial charge in [0.2, 0.25) is 0 Å². The summed E-state index contributed by atoms with van der Waals surface area (Å²) < 4.78 is 8.77. The Balaban J connectivity index is 1.63. The number of nitrogens with zero attached hydrogens (tertiary/aromatic N) is 5. The van der Waals surface area contributed by atoms with Crippen LogP contribution in [0.5, 0.6) is 5.75 Å². The van der Waals surface area contributed by atoms with E-state index in [1.165, 1.54) is 20.7 Å². The van der Waals surface area contributed by atoms with Crippen LogP contribution in [-0.2, 0) is 6.54 Å². The fraction of sp³-hybridized carbons (Fsp3) is 0.111. The molecule has 0 saturated heterocycles. The minimum Gasteiger partial charge on any atom is -0.496 e. The van der Waals surface area contributed by atoms with Crippen LogP contribution in [0.4, 0.5) is 0 Å². The number of hydrogen-bond donors (Lipinski definition) is 0. The zero-order valence-corrected chi connectivity index (χ0v) is 17.7. The van der Waals surface area contributed by atoms with Gasteiger partial charge in [-0.15, -0.1) is 11.3 Å². The molecule has 2 aromatic carbocycles. The van der Waals surface area contributed by atoms with E-state index in [9.17, 15) is 4.79 Å². The summed E-state index contributed by atoms with van der Waals surface area (Å²) in [7, 11) is 1.62. The first-order valence-corrected chi connectivity index (χ1v) is 10.2. The van der Waals surface area contributed by atoms with Gasteiger partial charge in [0.15, 0.2) is 0 Å². The van der Waals surface area contributed by atoms with Gasteiger partial charge in [-0.2, -0.15) is 9.36 Å². The van der Waals surface area contributed by atoms with Gasteiger partial charge in [0.05, 0.1) is 35.6 Å². The highest BCUT2D eigenvalue weighted by Gasteiger charge is 2.15. The Hall–Kier alpha value is -2.49. The Labute approximate surface area is 177 Å². The van der Waals surface area contributed by atoms with Crippen LogP contribution < -0.4 is 10.4 Å². The van der Waals surface area contributed by atoms with Crippen LogP contribution in [0.1, 0.15) is 5.69 Å². The largest absolute Gasteiger partial charge is 0.496 e. The number of halogens is 2. The van der Waals surface area contributed by atoms with Crippen LogP contribution in [-0.4, -0.2) is 31.9 Å². The van der Waals surface area contributed by atoms with Gasteiger partial charge in [-0.05, 0) is 40.8 Å². The molecule has 0 aliphatic heterocycles. The summed E-state index contributed by atoms with van der Waals surface area (Å²) in [4.78, 5) is 17.3. The van der Waals surface area contributed by atoms with E-state index in [4.69, 9.17) is 16.3 Å². The maximum atomic E-state index is 12.6. The first-order valence-electron chi connectivity index (χ1n) is 8.13. The fourth-order valence-electron chi connectivity index (χ4n) is 2.65. The number of tetrazole rings is 1. The molecular weight excluding hydrogens is 466 g/mol. The summed E-state index contributed by atoms with van der Waals surface area (Å²) in [6.45, 7) is 0.204. The molecule has 2 aromatic heterocycles. The van der Waals surface area contributed by atoms with E-state index in [-0.39, 0.29) is 12.2 Å². The molecule has 28 heavy (non-hydrogen) atoms. The molecule has 0 aliphatic carbocycles. The lowest BCUT2D eigenvalue weighted by molar-refractivity contribution is 0.416.